The summed E-state index contributed by atoms with van der Waals surface area (Å²) < 4.78 is 16.0. The number of carbonyl (C=O) groups is 1. The van der Waals surface area contributed by atoms with Crippen molar-refractivity contribution in [3.05, 3.63) is 53.0 Å². The SMILES string of the molecule is CCN(C(=O)CCn1cnc2c(cnn2C)c1=O)c1ccc(F)cc1. The van der Waals surface area contributed by atoms with Crippen molar-refractivity contribution in [3.8, 4) is 0 Å². The smallest absolute Gasteiger partial charge is 0.264 e. The summed E-state index contributed by atoms with van der Waals surface area (Å²) in [4.78, 5) is 30.7. The maximum atomic E-state index is 13.0. The van der Waals surface area contributed by atoms with Crippen LogP contribution in [0.3, 0.4) is 0 Å². The first kappa shape index (κ1) is 16.8. The highest BCUT2D eigenvalue weighted by atomic mass is 19.1. The van der Waals surface area contributed by atoms with Crippen molar-refractivity contribution in [2.75, 3.05) is 11.4 Å². The molecule has 0 fully saturated rings. The van der Waals surface area contributed by atoms with Gasteiger partial charge < -0.3 is 4.90 Å². The van der Waals surface area contributed by atoms with Crippen molar-refractivity contribution in [3.63, 3.8) is 0 Å². The lowest BCUT2D eigenvalue weighted by molar-refractivity contribution is -0.118. The van der Waals surface area contributed by atoms with Crippen molar-refractivity contribution in [1.82, 2.24) is 19.3 Å². The third-order valence-electron chi connectivity index (χ3n) is 4.04. The van der Waals surface area contributed by atoms with Crippen LogP contribution in [-0.4, -0.2) is 31.8 Å². The number of halogens is 1. The number of hydrogen-bond donors (Lipinski definition) is 0. The summed E-state index contributed by atoms with van der Waals surface area (Å²) in [6.07, 6.45) is 3.03. The average Bonchev–Trinajstić information content (AvgIpc) is 2.98. The molecule has 2 aromatic heterocycles. The molecule has 7 nitrogen and oxygen atoms in total. The number of aryl methyl sites for hydroxylation is 2. The van der Waals surface area contributed by atoms with Gasteiger partial charge in [-0.15, -0.1) is 0 Å². The molecule has 0 aliphatic rings. The van der Waals surface area contributed by atoms with Crippen molar-refractivity contribution in [2.45, 2.75) is 19.9 Å². The zero-order chi connectivity index (χ0) is 18.0. The minimum Gasteiger partial charge on any atom is -0.313 e. The molecule has 0 saturated carbocycles. The van der Waals surface area contributed by atoms with Crippen molar-refractivity contribution in [2.24, 2.45) is 7.05 Å². The first-order valence-electron chi connectivity index (χ1n) is 7.94. The Morgan fingerprint density at radius 1 is 1.28 bits per heavy atom. The summed E-state index contributed by atoms with van der Waals surface area (Å²) in [6, 6.07) is 5.75. The Balaban J connectivity index is 1.76. The number of fused-ring (bicyclic) bond motifs is 1. The number of amides is 1. The second-order valence-electron chi connectivity index (χ2n) is 5.61. The van der Waals surface area contributed by atoms with Gasteiger partial charge >= 0.3 is 0 Å². The van der Waals surface area contributed by atoms with Crippen LogP contribution in [0, 0.1) is 5.82 Å². The third-order valence-corrected chi connectivity index (χ3v) is 4.04. The minimum absolute atomic E-state index is 0.137. The number of hydrogen-bond acceptors (Lipinski definition) is 4. The molecule has 0 aliphatic heterocycles. The average molecular weight is 343 g/mol. The zero-order valence-electron chi connectivity index (χ0n) is 14.0. The van der Waals surface area contributed by atoms with Gasteiger partial charge in [0.2, 0.25) is 5.91 Å². The molecular formula is C17H18FN5O2. The van der Waals surface area contributed by atoms with Gasteiger partial charge in [0.25, 0.3) is 5.56 Å². The lowest BCUT2D eigenvalue weighted by Gasteiger charge is -2.21. The highest BCUT2D eigenvalue weighted by Crippen LogP contribution is 2.16. The molecule has 0 bridgehead atoms. The van der Waals surface area contributed by atoms with Crippen LogP contribution in [0.1, 0.15) is 13.3 Å². The fraction of sp³-hybridized carbons (Fsp3) is 0.294. The van der Waals surface area contributed by atoms with E-state index in [0.717, 1.165) is 0 Å². The Kier molecular flexibility index (Phi) is 4.60. The molecule has 3 rings (SSSR count). The summed E-state index contributed by atoms with van der Waals surface area (Å²) in [5, 5.41) is 4.44. The molecule has 0 saturated heterocycles. The third kappa shape index (κ3) is 3.28. The van der Waals surface area contributed by atoms with Crippen LogP contribution in [0.5, 0.6) is 0 Å². The number of benzene rings is 1. The Labute approximate surface area is 143 Å². The second kappa shape index (κ2) is 6.84. The molecule has 3 aromatic rings. The van der Waals surface area contributed by atoms with Crippen LogP contribution < -0.4 is 10.5 Å². The Hall–Kier alpha value is -3.03. The Bertz CT molecular complexity index is 961. The number of aromatic nitrogens is 4. The number of carbonyl (C=O) groups excluding carboxylic acids is 1. The van der Waals surface area contributed by atoms with Crippen molar-refractivity contribution in [1.29, 1.82) is 0 Å². The monoisotopic (exact) mass is 343 g/mol. The van der Waals surface area contributed by atoms with Crippen LogP contribution in [-0.2, 0) is 18.4 Å². The van der Waals surface area contributed by atoms with Gasteiger partial charge in [0.05, 0.1) is 12.5 Å². The lowest BCUT2D eigenvalue weighted by Crippen LogP contribution is -2.32. The molecule has 25 heavy (non-hydrogen) atoms. The van der Waals surface area contributed by atoms with Crippen LogP contribution in [0.4, 0.5) is 10.1 Å². The molecule has 130 valence electrons. The fourth-order valence-electron chi connectivity index (χ4n) is 2.70. The van der Waals surface area contributed by atoms with Gasteiger partial charge in [0, 0.05) is 32.2 Å². The fourth-order valence-corrected chi connectivity index (χ4v) is 2.70. The van der Waals surface area contributed by atoms with Gasteiger partial charge in [-0.1, -0.05) is 0 Å². The lowest BCUT2D eigenvalue weighted by atomic mass is 10.2. The molecule has 0 radical (unpaired) electrons. The molecule has 1 amide bonds. The van der Waals surface area contributed by atoms with Crippen molar-refractivity contribution < 1.29 is 9.18 Å². The highest BCUT2D eigenvalue weighted by molar-refractivity contribution is 5.93. The predicted molar refractivity (Wildman–Crippen MR) is 91.8 cm³/mol. The number of nitrogens with zero attached hydrogens (tertiary/aromatic N) is 5. The molecule has 2 heterocycles. The second-order valence-corrected chi connectivity index (χ2v) is 5.61. The summed E-state index contributed by atoms with van der Waals surface area (Å²) in [6.45, 7) is 2.52. The van der Waals surface area contributed by atoms with Crippen LogP contribution in [0.25, 0.3) is 11.0 Å². The maximum Gasteiger partial charge on any atom is 0.264 e. The minimum atomic E-state index is -0.352. The van der Waals surface area contributed by atoms with E-state index in [1.54, 1.807) is 24.1 Å². The number of rotatable bonds is 5. The van der Waals surface area contributed by atoms with Gasteiger partial charge in [-0.05, 0) is 31.2 Å². The van der Waals surface area contributed by atoms with Crippen LogP contribution in [0.2, 0.25) is 0 Å². The van der Waals surface area contributed by atoms with Crippen molar-refractivity contribution >= 4 is 22.6 Å². The highest BCUT2D eigenvalue weighted by Gasteiger charge is 2.15. The molecule has 0 aliphatic carbocycles. The molecule has 1 aromatic carbocycles. The van der Waals surface area contributed by atoms with E-state index in [1.807, 2.05) is 6.92 Å². The summed E-state index contributed by atoms with van der Waals surface area (Å²) in [5.74, 6) is -0.498. The summed E-state index contributed by atoms with van der Waals surface area (Å²) >= 11 is 0. The van der Waals surface area contributed by atoms with E-state index in [9.17, 15) is 14.0 Å². The summed E-state index contributed by atoms with van der Waals surface area (Å²) in [7, 11) is 1.71. The predicted octanol–water partition coefficient (Wildman–Crippen LogP) is 1.71. The van der Waals surface area contributed by atoms with Gasteiger partial charge in [-0.25, -0.2) is 9.37 Å². The van der Waals surface area contributed by atoms with E-state index in [1.165, 1.54) is 33.9 Å². The first-order chi connectivity index (χ1) is 12.0. The molecule has 0 unspecified atom stereocenters. The quantitative estimate of drug-likeness (QED) is 0.707. The molecule has 0 N–H and O–H groups in total. The van der Waals surface area contributed by atoms with Gasteiger partial charge in [0.1, 0.15) is 11.2 Å². The van der Waals surface area contributed by atoms with E-state index >= 15 is 0 Å². The largest absolute Gasteiger partial charge is 0.313 e. The van der Waals surface area contributed by atoms with E-state index in [2.05, 4.69) is 10.1 Å². The molecule has 0 spiro atoms. The van der Waals surface area contributed by atoms with Gasteiger partial charge in [-0.2, -0.15) is 5.10 Å². The Morgan fingerprint density at radius 3 is 2.68 bits per heavy atom. The molecular weight excluding hydrogens is 325 g/mol. The normalized spacial score (nSPS) is 11.0. The van der Waals surface area contributed by atoms with Crippen LogP contribution >= 0.6 is 0 Å². The van der Waals surface area contributed by atoms with E-state index in [4.69, 9.17) is 0 Å². The summed E-state index contributed by atoms with van der Waals surface area (Å²) in [5.41, 5.74) is 0.909. The topological polar surface area (TPSA) is 73.0 Å². The molecule has 0 atom stereocenters. The van der Waals surface area contributed by atoms with E-state index < -0.39 is 0 Å². The first-order valence-corrected chi connectivity index (χ1v) is 7.94. The van der Waals surface area contributed by atoms with Gasteiger partial charge in [-0.3, -0.25) is 18.8 Å². The Morgan fingerprint density at radius 2 is 2.00 bits per heavy atom. The maximum absolute atomic E-state index is 13.0. The van der Waals surface area contributed by atoms with E-state index in [-0.39, 0.29) is 30.2 Å². The molecule has 8 heteroatoms. The van der Waals surface area contributed by atoms with Crippen LogP contribution in [0.15, 0.2) is 41.6 Å². The zero-order valence-corrected chi connectivity index (χ0v) is 14.0. The van der Waals surface area contributed by atoms with E-state index in [0.29, 0.717) is 23.3 Å². The standard InChI is InChI=1S/C17H18FN5O2/c1-3-23(13-6-4-12(18)5-7-13)15(24)8-9-22-11-19-16-14(17(22)25)10-20-21(16)2/h4-7,10-11H,3,8-9H2,1-2H3. The number of anilines is 1. The van der Waals surface area contributed by atoms with Gasteiger partial charge in [0.15, 0.2) is 5.65 Å².